The van der Waals surface area contributed by atoms with Gasteiger partial charge in [-0.15, -0.1) is 34.0 Å². The monoisotopic (exact) mass is 518 g/mol. The first-order valence-corrected chi connectivity index (χ1v) is 14.5. The van der Waals surface area contributed by atoms with Gasteiger partial charge in [0.2, 0.25) is 0 Å². The summed E-state index contributed by atoms with van der Waals surface area (Å²) in [7, 11) is 0. The standard InChI is InChI=1S/C30H14O3S3/c1-7-31-25-16(1)28-13(4-10-34-28)19-22(25)20-14-5-11-35-29(14)18-3-9-33-27(18)24(20)21-15-6-12-36-30(15)17-2-8-32-26(17)23(19)21/h1-12,16,25H. The lowest BCUT2D eigenvalue weighted by atomic mass is 9.76. The maximum Gasteiger partial charge on any atom is 0.143 e. The van der Waals surface area contributed by atoms with Gasteiger partial charge in [0.25, 0.3) is 0 Å². The van der Waals surface area contributed by atoms with Gasteiger partial charge in [0.05, 0.1) is 24.7 Å². The minimum atomic E-state index is -0.0725. The molecule has 0 amide bonds. The third kappa shape index (κ3) is 1.94. The fourth-order valence-electron chi connectivity index (χ4n) is 6.79. The van der Waals surface area contributed by atoms with Crippen molar-refractivity contribution in [1.82, 2.24) is 0 Å². The Kier molecular flexibility index (Phi) is 3.22. The highest BCUT2D eigenvalue weighted by molar-refractivity contribution is 7.19. The third-order valence-corrected chi connectivity index (χ3v) is 11.0. The number of ether oxygens (including phenoxy) is 1. The van der Waals surface area contributed by atoms with Crippen LogP contribution in [0.1, 0.15) is 22.5 Å². The summed E-state index contributed by atoms with van der Waals surface area (Å²) < 4.78 is 21.6. The number of hydrogen-bond donors (Lipinski definition) is 0. The lowest BCUT2D eigenvalue weighted by molar-refractivity contribution is 0.160. The van der Waals surface area contributed by atoms with Crippen LogP contribution in [0.15, 0.2) is 80.2 Å². The van der Waals surface area contributed by atoms with Gasteiger partial charge in [-0.25, -0.2) is 0 Å². The molecule has 0 saturated heterocycles. The van der Waals surface area contributed by atoms with Gasteiger partial charge < -0.3 is 13.6 Å². The molecule has 170 valence electrons. The molecular weight excluding hydrogens is 505 g/mol. The third-order valence-electron chi connectivity index (χ3n) is 8.07. The molecule has 0 radical (unpaired) electrons. The van der Waals surface area contributed by atoms with E-state index in [1.165, 1.54) is 74.1 Å². The number of benzene rings is 3. The first kappa shape index (κ1) is 18.7. The molecule has 0 saturated carbocycles. The maximum atomic E-state index is 6.42. The van der Waals surface area contributed by atoms with Crippen molar-refractivity contribution < 1.29 is 13.6 Å². The van der Waals surface area contributed by atoms with E-state index in [4.69, 9.17) is 13.6 Å². The molecule has 8 aromatic rings. The fraction of sp³-hybridized carbons (Fsp3) is 0.0667. The summed E-state index contributed by atoms with van der Waals surface area (Å²) in [5.74, 6) is 0.214. The highest BCUT2D eigenvalue weighted by Gasteiger charge is 2.41. The van der Waals surface area contributed by atoms with Crippen molar-refractivity contribution >= 4 is 97.7 Å². The molecule has 36 heavy (non-hydrogen) atoms. The molecule has 2 unspecified atom stereocenters. The van der Waals surface area contributed by atoms with Gasteiger partial charge in [0.15, 0.2) is 0 Å². The summed E-state index contributed by atoms with van der Waals surface area (Å²) in [6.45, 7) is 0. The van der Waals surface area contributed by atoms with Crippen LogP contribution >= 0.6 is 34.0 Å². The van der Waals surface area contributed by atoms with Gasteiger partial charge in [-0.1, -0.05) is 0 Å². The normalized spacial score (nSPS) is 18.7. The molecule has 1 aliphatic carbocycles. The Balaban J connectivity index is 1.65. The van der Waals surface area contributed by atoms with E-state index in [9.17, 15) is 0 Å². The molecule has 10 rings (SSSR count). The average Bonchev–Trinajstić information content (AvgIpc) is 3.73. The van der Waals surface area contributed by atoms with E-state index in [1.807, 2.05) is 30.1 Å². The van der Waals surface area contributed by atoms with Crippen molar-refractivity contribution in [3.05, 3.63) is 81.8 Å². The molecule has 1 aliphatic heterocycles. The van der Waals surface area contributed by atoms with Gasteiger partial charge in [0.1, 0.15) is 17.3 Å². The topological polar surface area (TPSA) is 35.5 Å². The number of furan rings is 2. The second-order valence-corrected chi connectivity index (χ2v) is 12.3. The van der Waals surface area contributed by atoms with Crippen LogP contribution in [0.25, 0.3) is 74.8 Å². The lowest BCUT2D eigenvalue weighted by Crippen LogP contribution is -2.14. The quantitative estimate of drug-likeness (QED) is 0.187. The van der Waals surface area contributed by atoms with Crippen LogP contribution in [0.4, 0.5) is 0 Å². The van der Waals surface area contributed by atoms with Crippen molar-refractivity contribution in [3.63, 3.8) is 0 Å². The zero-order chi connectivity index (χ0) is 23.1. The van der Waals surface area contributed by atoms with Crippen LogP contribution in [-0.4, -0.2) is 0 Å². The van der Waals surface area contributed by atoms with Gasteiger partial charge in [0, 0.05) is 68.5 Å². The summed E-state index contributed by atoms with van der Waals surface area (Å²) >= 11 is 5.38. The summed E-state index contributed by atoms with van der Waals surface area (Å²) in [4.78, 5) is 1.37. The van der Waals surface area contributed by atoms with E-state index in [-0.39, 0.29) is 12.0 Å². The lowest BCUT2D eigenvalue weighted by Gasteiger charge is -2.30. The number of rotatable bonds is 0. The van der Waals surface area contributed by atoms with E-state index >= 15 is 0 Å². The van der Waals surface area contributed by atoms with Gasteiger partial charge in [-0.05, 0) is 58.1 Å². The summed E-state index contributed by atoms with van der Waals surface area (Å²) in [5, 5.41) is 16.3. The zero-order valence-corrected chi connectivity index (χ0v) is 21.0. The second kappa shape index (κ2) is 6.21. The summed E-state index contributed by atoms with van der Waals surface area (Å²) in [6, 6.07) is 11.1. The van der Waals surface area contributed by atoms with Crippen LogP contribution in [-0.2, 0) is 4.74 Å². The molecule has 6 heteroatoms. The molecule has 0 N–H and O–H groups in total. The second-order valence-electron chi connectivity index (χ2n) is 9.55. The molecule has 5 aromatic heterocycles. The van der Waals surface area contributed by atoms with E-state index in [2.05, 4.69) is 52.5 Å². The van der Waals surface area contributed by atoms with E-state index in [0.29, 0.717) is 0 Å². The van der Waals surface area contributed by atoms with E-state index in [1.54, 1.807) is 22.7 Å². The molecule has 2 atom stereocenters. The van der Waals surface area contributed by atoms with Crippen molar-refractivity contribution in [1.29, 1.82) is 0 Å². The number of hydrogen-bond acceptors (Lipinski definition) is 6. The molecular formula is C30H14O3S3. The Morgan fingerprint density at radius 2 is 1.33 bits per heavy atom. The predicted molar refractivity (Wildman–Crippen MR) is 151 cm³/mol. The predicted octanol–water partition coefficient (Wildman–Crippen LogP) is 10.3. The highest BCUT2D eigenvalue weighted by atomic mass is 32.1. The van der Waals surface area contributed by atoms with E-state index in [0.717, 1.165) is 11.2 Å². The van der Waals surface area contributed by atoms with Crippen LogP contribution in [0.3, 0.4) is 0 Å². The first-order chi connectivity index (χ1) is 17.9. The van der Waals surface area contributed by atoms with Crippen molar-refractivity contribution in [2.45, 2.75) is 12.0 Å². The highest BCUT2D eigenvalue weighted by Crippen LogP contribution is 2.60. The minimum Gasteiger partial charge on any atom is -0.493 e. The average molecular weight is 519 g/mol. The molecule has 0 fully saturated rings. The molecule has 3 nitrogen and oxygen atoms in total. The van der Waals surface area contributed by atoms with Gasteiger partial charge >= 0.3 is 0 Å². The minimum absolute atomic E-state index is 0.0725. The summed E-state index contributed by atoms with van der Waals surface area (Å²) in [5.41, 5.74) is 5.71. The Hall–Kier alpha value is -3.58. The Morgan fingerprint density at radius 3 is 2.11 bits per heavy atom. The SMILES string of the molecule is C1=CC2c3sccc3-c3c(c4c5ccsc5c5ccoc5c4c4c5ccsc5c5ccoc5c34)C2O1. The van der Waals surface area contributed by atoms with Crippen molar-refractivity contribution in [2.24, 2.45) is 0 Å². The molecule has 0 bridgehead atoms. The van der Waals surface area contributed by atoms with Crippen LogP contribution in [0.5, 0.6) is 0 Å². The zero-order valence-electron chi connectivity index (χ0n) is 18.5. The molecule has 6 heterocycles. The Bertz CT molecular complexity index is 2260. The Labute approximate surface area is 215 Å². The van der Waals surface area contributed by atoms with Crippen molar-refractivity contribution in [2.75, 3.05) is 0 Å². The van der Waals surface area contributed by atoms with Crippen molar-refractivity contribution in [3.8, 4) is 11.1 Å². The number of thiophene rings is 3. The Morgan fingerprint density at radius 1 is 0.639 bits per heavy atom. The van der Waals surface area contributed by atoms with Crippen LogP contribution < -0.4 is 0 Å². The molecule has 3 aromatic carbocycles. The largest absolute Gasteiger partial charge is 0.493 e. The van der Waals surface area contributed by atoms with Gasteiger partial charge in [-0.3, -0.25) is 0 Å². The fourth-order valence-corrected chi connectivity index (χ4v) is 9.64. The molecule has 0 spiro atoms. The summed E-state index contributed by atoms with van der Waals surface area (Å²) in [6.07, 6.45) is 7.71. The smallest absolute Gasteiger partial charge is 0.143 e. The first-order valence-electron chi connectivity index (χ1n) is 11.9. The van der Waals surface area contributed by atoms with Gasteiger partial charge in [-0.2, -0.15) is 0 Å². The number of fused-ring (bicyclic) bond motifs is 21. The van der Waals surface area contributed by atoms with E-state index < -0.39 is 0 Å². The maximum absolute atomic E-state index is 6.42. The van der Waals surface area contributed by atoms with Crippen LogP contribution in [0.2, 0.25) is 0 Å². The van der Waals surface area contributed by atoms with Crippen LogP contribution in [0, 0.1) is 0 Å². The molecule has 2 aliphatic rings.